The molecule has 2 aliphatic rings. The van der Waals surface area contributed by atoms with E-state index in [-0.39, 0.29) is 0 Å². The second-order valence-electron chi connectivity index (χ2n) is 6.59. The molecule has 0 aliphatic heterocycles. The van der Waals surface area contributed by atoms with E-state index in [1.54, 1.807) is 0 Å². The first-order valence-corrected chi connectivity index (χ1v) is 8.81. The van der Waals surface area contributed by atoms with Crippen LogP contribution in [0.25, 0.3) is 0 Å². The first-order valence-electron chi connectivity index (χ1n) is 8.81. The van der Waals surface area contributed by atoms with Crippen molar-refractivity contribution < 1.29 is 4.74 Å². The molecule has 0 spiro atoms. The number of rotatable bonds is 6. The molecule has 0 radical (unpaired) electrons. The highest BCUT2D eigenvalue weighted by Gasteiger charge is 2.27. The molecule has 3 atom stereocenters. The van der Waals surface area contributed by atoms with E-state index in [4.69, 9.17) is 4.74 Å². The molecule has 0 saturated heterocycles. The maximum absolute atomic E-state index is 6.27. The summed E-state index contributed by atoms with van der Waals surface area (Å²) < 4.78 is 6.27. The molecule has 3 unspecified atom stereocenters. The summed E-state index contributed by atoms with van der Waals surface area (Å²) in [5, 5.41) is 3.64. The molecule has 2 nitrogen and oxygen atoms in total. The lowest BCUT2D eigenvalue weighted by Crippen LogP contribution is -2.32. The van der Waals surface area contributed by atoms with E-state index in [1.807, 2.05) is 0 Å². The first kappa shape index (κ1) is 15.1. The number of fused-ring (bicyclic) bond motifs is 1. The predicted octanol–water partition coefficient (Wildman–Crippen LogP) is 4.25. The lowest BCUT2D eigenvalue weighted by Gasteiger charge is -2.27. The van der Waals surface area contributed by atoms with Crippen molar-refractivity contribution in [1.82, 2.24) is 5.32 Å². The van der Waals surface area contributed by atoms with Gasteiger partial charge in [-0.15, -0.1) is 0 Å². The zero-order chi connectivity index (χ0) is 14.5. The smallest absolute Gasteiger partial charge is 0.0827 e. The summed E-state index contributed by atoms with van der Waals surface area (Å²) in [5.41, 5.74) is 2.94. The zero-order valence-electron chi connectivity index (χ0n) is 13.3. The van der Waals surface area contributed by atoms with Crippen LogP contribution in [-0.4, -0.2) is 19.2 Å². The van der Waals surface area contributed by atoms with E-state index in [0.29, 0.717) is 6.10 Å². The average Bonchev–Trinajstić information content (AvgIpc) is 2.95. The number of benzene rings is 1. The largest absolute Gasteiger partial charge is 0.374 e. The van der Waals surface area contributed by atoms with Gasteiger partial charge in [0.15, 0.2) is 0 Å². The minimum atomic E-state index is 0.342. The Bertz CT molecular complexity index is 445. The maximum atomic E-state index is 6.27. The molecule has 1 aromatic carbocycles. The molecule has 0 bridgehead atoms. The summed E-state index contributed by atoms with van der Waals surface area (Å²) in [6, 6.07) is 9.57. The Kier molecular flexibility index (Phi) is 5.32. The van der Waals surface area contributed by atoms with Gasteiger partial charge in [0.05, 0.1) is 6.10 Å². The van der Waals surface area contributed by atoms with Crippen molar-refractivity contribution in [3.63, 3.8) is 0 Å². The molecule has 1 saturated carbocycles. The van der Waals surface area contributed by atoms with Crippen molar-refractivity contribution >= 4 is 0 Å². The van der Waals surface area contributed by atoms with Crippen LogP contribution in [0.2, 0.25) is 0 Å². The van der Waals surface area contributed by atoms with Crippen LogP contribution in [0.1, 0.15) is 62.7 Å². The molecular formula is C19H29NO. The molecule has 0 aromatic heterocycles. The molecule has 1 N–H and O–H groups in total. The monoisotopic (exact) mass is 287 g/mol. The van der Waals surface area contributed by atoms with Gasteiger partial charge in [-0.2, -0.15) is 0 Å². The lowest BCUT2D eigenvalue weighted by molar-refractivity contribution is 0.0313. The van der Waals surface area contributed by atoms with E-state index in [1.165, 1.54) is 56.1 Å². The summed E-state index contributed by atoms with van der Waals surface area (Å²) in [5.74, 6) is 0.823. The molecule has 0 amide bonds. The van der Waals surface area contributed by atoms with Gasteiger partial charge in [-0.05, 0) is 62.1 Å². The fraction of sp³-hybridized carbons (Fsp3) is 0.684. The summed E-state index contributed by atoms with van der Waals surface area (Å²) in [6.07, 6.45) is 9.36. The highest BCUT2D eigenvalue weighted by atomic mass is 16.5. The van der Waals surface area contributed by atoms with Gasteiger partial charge in [0.1, 0.15) is 0 Å². The second kappa shape index (κ2) is 7.42. The molecular weight excluding hydrogens is 258 g/mol. The summed E-state index contributed by atoms with van der Waals surface area (Å²) >= 11 is 0. The third kappa shape index (κ3) is 3.67. The second-order valence-corrected chi connectivity index (χ2v) is 6.59. The number of ether oxygens (including phenoxy) is 1. The van der Waals surface area contributed by atoms with Crippen LogP contribution in [-0.2, 0) is 11.2 Å². The van der Waals surface area contributed by atoms with Gasteiger partial charge in [-0.1, -0.05) is 37.6 Å². The van der Waals surface area contributed by atoms with Crippen LogP contribution in [0.5, 0.6) is 0 Å². The first-order chi connectivity index (χ1) is 10.4. The highest BCUT2D eigenvalue weighted by Crippen LogP contribution is 2.34. The molecule has 1 aromatic rings. The minimum absolute atomic E-state index is 0.342. The van der Waals surface area contributed by atoms with Crippen LogP contribution < -0.4 is 5.32 Å². The van der Waals surface area contributed by atoms with Crippen molar-refractivity contribution in [1.29, 1.82) is 0 Å². The van der Waals surface area contributed by atoms with E-state index in [9.17, 15) is 0 Å². The summed E-state index contributed by atoms with van der Waals surface area (Å²) in [6.45, 7) is 4.23. The van der Waals surface area contributed by atoms with Crippen LogP contribution in [0.15, 0.2) is 24.3 Å². The van der Waals surface area contributed by atoms with Gasteiger partial charge in [0.25, 0.3) is 0 Å². The van der Waals surface area contributed by atoms with E-state index in [2.05, 4.69) is 36.5 Å². The standard InChI is InChI=1S/C19H29NO/c1-2-20-18-11-5-9-16(18)13-14-21-19-12-6-8-15-7-3-4-10-17(15)19/h3-4,7,10,16,18-20H,2,5-6,8-9,11-14H2,1H3. The van der Waals surface area contributed by atoms with Crippen LogP contribution in [0.4, 0.5) is 0 Å². The molecule has 2 heteroatoms. The Balaban J connectivity index is 1.50. The normalized spacial score (nSPS) is 28.5. The number of nitrogens with one attached hydrogen (secondary N) is 1. The van der Waals surface area contributed by atoms with E-state index in [0.717, 1.165) is 25.1 Å². The zero-order valence-corrected chi connectivity index (χ0v) is 13.3. The van der Waals surface area contributed by atoms with Crippen LogP contribution >= 0.6 is 0 Å². The van der Waals surface area contributed by atoms with Gasteiger partial charge in [-0.25, -0.2) is 0 Å². The van der Waals surface area contributed by atoms with E-state index < -0.39 is 0 Å². The third-order valence-corrected chi connectivity index (χ3v) is 5.25. The Labute approximate surface area is 129 Å². The van der Waals surface area contributed by atoms with Gasteiger partial charge in [0, 0.05) is 12.6 Å². The summed E-state index contributed by atoms with van der Waals surface area (Å²) in [4.78, 5) is 0. The lowest BCUT2D eigenvalue weighted by atomic mass is 9.89. The molecule has 1 fully saturated rings. The highest BCUT2D eigenvalue weighted by molar-refractivity contribution is 5.31. The van der Waals surface area contributed by atoms with Crippen molar-refractivity contribution in [2.75, 3.05) is 13.2 Å². The predicted molar refractivity (Wildman–Crippen MR) is 87.5 cm³/mol. The molecule has 116 valence electrons. The number of hydrogen-bond donors (Lipinski definition) is 1. The van der Waals surface area contributed by atoms with Gasteiger partial charge in [-0.3, -0.25) is 0 Å². The quantitative estimate of drug-likeness (QED) is 0.844. The van der Waals surface area contributed by atoms with Gasteiger partial charge >= 0.3 is 0 Å². The Morgan fingerprint density at radius 3 is 2.95 bits per heavy atom. The van der Waals surface area contributed by atoms with Gasteiger partial charge < -0.3 is 10.1 Å². The van der Waals surface area contributed by atoms with Crippen molar-refractivity contribution in [3.8, 4) is 0 Å². The minimum Gasteiger partial charge on any atom is -0.374 e. The fourth-order valence-electron chi connectivity index (χ4n) is 4.16. The SMILES string of the molecule is CCNC1CCCC1CCOC1CCCc2ccccc21. The molecule has 2 aliphatic carbocycles. The molecule has 0 heterocycles. The van der Waals surface area contributed by atoms with Crippen LogP contribution in [0.3, 0.4) is 0 Å². The molecule has 21 heavy (non-hydrogen) atoms. The topological polar surface area (TPSA) is 21.3 Å². The number of aryl methyl sites for hydroxylation is 1. The third-order valence-electron chi connectivity index (χ3n) is 5.25. The Morgan fingerprint density at radius 2 is 2.05 bits per heavy atom. The Hall–Kier alpha value is -0.860. The average molecular weight is 287 g/mol. The van der Waals surface area contributed by atoms with Crippen LogP contribution in [0, 0.1) is 5.92 Å². The van der Waals surface area contributed by atoms with Crippen molar-refractivity contribution in [3.05, 3.63) is 35.4 Å². The van der Waals surface area contributed by atoms with Gasteiger partial charge in [0.2, 0.25) is 0 Å². The molecule has 3 rings (SSSR count). The van der Waals surface area contributed by atoms with E-state index >= 15 is 0 Å². The maximum Gasteiger partial charge on any atom is 0.0827 e. The van der Waals surface area contributed by atoms with Crippen molar-refractivity contribution in [2.24, 2.45) is 5.92 Å². The number of hydrogen-bond acceptors (Lipinski definition) is 2. The van der Waals surface area contributed by atoms with Crippen molar-refractivity contribution in [2.45, 2.75) is 64.0 Å². The Morgan fingerprint density at radius 1 is 1.14 bits per heavy atom. The summed E-state index contributed by atoms with van der Waals surface area (Å²) in [7, 11) is 0. The fourth-order valence-corrected chi connectivity index (χ4v) is 4.16.